The maximum Gasteiger partial charge on any atom is 0.134 e. The van der Waals surface area contributed by atoms with Crippen LogP contribution in [0.25, 0.3) is 11.0 Å². The van der Waals surface area contributed by atoms with E-state index in [0.29, 0.717) is 5.92 Å². The molecule has 1 atom stereocenters. The highest BCUT2D eigenvalue weighted by molar-refractivity contribution is 5.81. The summed E-state index contributed by atoms with van der Waals surface area (Å²) >= 11 is 0. The number of furan rings is 1. The molecule has 3 rings (SSSR count). The summed E-state index contributed by atoms with van der Waals surface area (Å²) in [5.74, 6) is 0.658. The van der Waals surface area contributed by atoms with Crippen molar-refractivity contribution in [2.45, 2.75) is 25.3 Å². The van der Waals surface area contributed by atoms with Gasteiger partial charge in [0.1, 0.15) is 5.58 Å². The maximum absolute atomic E-state index is 6.25. The van der Waals surface area contributed by atoms with E-state index in [-0.39, 0.29) is 6.04 Å². The Morgan fingerprint density at radius 3 is 2.80 bits per heavy atom. The average Bonchev–Trinajstić information content (AvgIpc) is 2.58. The van der Waals surface area contributed by atoms with E-state index in [1.165, 1.54) is 30.2 Å². The van der Waals surface area contributed by atoms with Crippen molar-refractivity contribution in [2.75, 3.05) is 0 Å². The lowest BCUT2D eigenvalue weighted by molar-refractivity contribution is 0.264. The molecule has 1 aromatic heterocycles. The predicted molar refractivity (Wildman–Crippen MR) is 60.5 cm³/mol. The summed E-state index contributed by atoms with van der Waals surface area (Å²) < 4.78 is 5.51. The van der Waals surface area contributed by atoms with Crippen molar-refractivity contribution in [1.82, 2.24) is 0 Å². The third kappa shape index (κ3) is 1.37. The van der Waals surface area contributed by atoms with Crippen LogP contribution >= 0.6 is 0 Å². The fourth-order valence-corrected chi connectivity index (χ4v) is 2.31. The van der Waals surface area contributed by atoms with Gasteiger partial charge in [0.15, 0.2) is 0 Å². The number of para-hydroxylation sites is 1. The van der Waals surface area contributed by atoms with Crippen molar-refractivity contribution < 1.29 is 4.42 Å². The summed E-state index contributed by atoms with van der Waals surface area (Å²) in [4.78, 5) is 0. The summed E-state index contributed by atoms with van der Waals surface area (Å²) in [5, 5.41) is 1.18. The molecule has 1 fully saturated rings. The first kappa shape index (κ1) is 8.98. The van der Waals surface area contributed by atoms with Crippen molar-refractivity contribution in [3.63, 3.8) is 0 Å². The Balaban J connectivity index is 2.02. The highest BCUT2D eigenvalue weighted by Crippen LogP contribution is 2.38. The molecular formula is C13H15NO. The van der Waals surface area contributed by atoms with Gasteiger partial charge in [-0.15, -0.1) is 0 Å². The van der Waals surface area contributed by atoms with E-state index < -0.39 is 0 Å². The quantitative estimate of drug-likeness (QED) is 0.810. The number of benzene rings is 1. The fourth-order valence-electron chi connectivity index (χ4n) is 2.31. The second-order valence-corrected chi connectivity index (χ2v) is 4.40. The van der Waals surface area contributed by atoms with Gasteiger partial charge in [-0.1, -0.05) is 24.6 Å². The van der Waals surface area contributed by atoms with Crippen molar-refractivity contribution in [3.8, 4) is 0 Å². The van der Waals surface area contributed by atoms with Crippen molar-refractivity contribution in [1.29, 1.82) is 0 Å². The highest BCUT2D eigenvalue weighted by Gasteiger charge is 2.27. The molecule has 0 radical (unpaired) electrons. The maximum atomic E-state index is 6.25. The van der Waals surface area contributed by atoms with Crippen LogP contribution in [0.15, 0.2) is 34.9 Å². The molecule has 1 heterocycles. The van der Waals surface area contributed by atoms with E-state index in [4.69, 9.17) is 10.2 Å². The largest absolute Gasteiger partial charge is 0.464 e. The number of rotatable bonds is 2. The van der Waals surface area contributed by atoms with Crippen molar-refractivity contribution in [3.05, 3.63) is 36.1 Å². The second kappa shape index (κ2) is 3.38. The minimum Gasteiger partial charge on any atom is -0.464 e. The van der Waals surface area contributed by atoms with Crippen LogP contribution in [-0.2, 0) is 0 Å². The lowest BCUT2D eigenvalue weighted by Crippen LogP contribution is -2.26. The van der Waals surface area contributed by atoms with Gasteiger partial charge in [0, 0.05) is 17.0 Å². The standard InChI is InChI=1S/C13H15NO/c14-13(9-4-3-5-9)11-8-15-12-7-2-1-6-10(11)12/h1-2,6-9,13H,3-5,14H2. The predicted octanol–water partition coefficient (Wildman–Crippen LogP) is 3.23. The number of hydrogen-bond donors (Lipinski definition) is 1. The molecule has 1 aliphatic rings. The van der Waals surface area contributed by atoms with E-state index in [1.54, 1.807) is 0 Å². The molecule has 0 aliphatic heterocycles. The van der Waals surface area contributed by atoms with E-state index >= 15 is 0 Å². The fraction of sp³-hybridized carbons (Fsp3) is 0.385. The Morgan fingerprint density at radius 1 is 1.27 bits per heavy atom. The van der Waals surface area contributed by atoms with Gasteiger partial charge in [-0.2, -0.15) is 0 Å². The lowest BCUT2D eigenvalue weighted by Gasteiger charge is -2.30. The van der Waals surface area contributed by atoms with Crippen LogP contribution in [0.2, 0.25) is 0 Å². The summed E-state index contributed by atoms with van der Waals surface area (Å²) in [6.45, 7) is 0. The average molecular weight is 201 g/mol. The zero-order chi connectivity index (χ0) is 10.3. The molecular weight excluding hydrogens is 186 g/mol. The molecule has 78 valence electrons. The van der Waals surface area contributed by atoms with Crippen LogP contribution in [0.4, 0.5) is 0 Å². The molecule has 15 heavy (non-hydrogen) atoms. The first-order valence-electron chi connectivity index (χ1n) is 5.58. The highest BCUT2D eigenvalue weighted by atomic mass is 16.3. The van der Waals surface area contributed by atoms with E-state index in [0.717, 1.165) is 5.58 Å². The van der Waals surface area contributed by atoms with Gasteiger partial charge >= 0.3 is 0 Å². The topological polar surface area (TPSA) is 39.2 Å². The van der Waals surface area contributed by atoms with Crippen LogP contribution in [0.3, 0.4) is 0 Å². The van der Waals surface area contributed by atoms with E-state index in [9.17, 15) is 0 Å². The normalized spacial score (nSPS) is 19.0. The Morgan fingerprint density at radius 2 is 2.07 bits per heavy atom. The first-order valence-corrected chi connectivity index (χ1v) is 5.58. The zero-order valence-electron chi connectivity index (χ0n) is 8.65. The summed E-state index contributed by atoms with van der Waals surface area (Å²) in [7, 11) is 0. The first-order chi connectivity index (χ1) is 7.36. The molecule has 1 saturated carbocycles. The summed E-state index contributed by atoms with van der Waals surface area (Å²) in [5.41, 5.74) is 8.37. The van der Waals surface area contributed by atoms with Crippen LogP contribution in [0.5, 0.6) is 0 Å². The zero-order valence-corrected chi connectivity index (χ0v) is 8.65. The lowest BCUT2D eigenvalue weighted by atomic mass is 9.77. The van der Waals surface area contributed by atoms with Crippen LogP contribution < -0.4 is 5.73 Å². The number of fused-ring (bicyclic) bond motifs is 1. The molecule has 1 unspecified atom stereocenters. The SMILES string of the molecule is NC(c1coc2ccccc12)C1CCC1. The van der Waals surface area contributed by atoms with Gasteiger partial charge in [-0.3, -0.25) is 0 Å². The number of nitrogens with two attached hydrogens (primary N) is 1. The van der Waals surface area contributed by atoms with Gasteiger partial charge in [-0.05, 0) is 24.8 Å². The minimum atomic E-state index is 0.155. The molecule has 2 aromatic rings. The summed E-state index contributed by atoms with van der Waals surface area (Å²) in [6, 6.07) is 8.26. The van der Waals surface area contributed by atoms with Gasteiger partial charge in [0.2, 0.25) is 0 Å². The molecule has 1 aromatic carbocycles. The smallest absolute Gasteiger partial charge is 0.134 e. The molecule has 0 saturated heterocycles. The van der Waals surface area contributed by atoms with Crippen LogP contribution in [0, 0.1) is 5.92 Å². The molecule has 1 aliphatic carbocycles. The third-order valence-corrected chi connectivity index (χ3v) is 3.53. The van der Waals surface area contributed by atoms with Gasteiger partial charge < -0.3 is 10.2 Å². The Kier molecular flexibility index (Phi) is 2.03. The summed E-state index contributed by atoms with van der Waals surface area (Å²) in [6.07, 6.45) is 5.68. The van der Waals surface area contributed by atoms with Gasteiger partial charge in [-0.25, -0.2) is 0 Å². The molecule has 0 spiro atoms. The molecule has 2 nitrogen and oxygen atoms in total. The Labute approximate surface area is 89.1 Å². The molecule has 2 heteroatoms. The van der Waals surface area contributed by atoms with Gasteiger partial charge in [0.05, 0.1) is 6.26 Å². The Hall–Kier alpha value is -1.28. The van der Waals surface area contributed by atoms with E-state index in [1.807, 2.05) is 24.5 Å². The second-order valence-electron chi connectivity index (χ2n) is 4.40. The third-order valence-electron chi connectivity index (χ3n) is 3.53. The van der Waals surface area contributed by atoms with Crippen LogP contribution in [0.1, 0.15) is 30.9 Å². The van der Waals surface area contributed by atoms with Crippen molar-refractivity contribution >= 4 is 11.0 Å². The van der Waals surface area contributed by atoms with Crippen LogP contribution in [-0.4, -0.2) is 0 Å². The molecule has 0 bridgehead atoms. The van der Waals surface area contributed by atoms with Crippen molar-refractivity contribution in [2.24, 2.45) is 11.7 Å². The molecule has 0 amide bonds. The number of hydrogen-bond acceptors (Lipinski definition) is 2. The minimum absolute atomic E-state index is 0.155. The van der Waals surface area contributed by atoms with Gasteiger partial charge in [0.25, 0.3) is 0 Å². The molecule has 2 N–H and O–H groups in total. The monoisotopic (exact) mass is 201 g/mol. The van der Waals surface area contributed by atoms with E-state index in [2.05, 4.69) is 6.07 Å². The Bertz CT molecular complexity index is 470.